The van der Waals surface area contributed by atoms with Crippen LogP contribution in [0.5, 0.6) is 0 Å². The van der Waals surface area contributed by atoms with E-state index < -0.39 is 0 Å². The van der Waals surface area contributed by atoms with Crippen LogP contribution in [-0.2, 0) is 0 Å². The quantitative estimate of drug-likeness (QED) is 0.751. The highest BCUT2D eigenvalue weighted by Gasteiger charge is 2.21. The molecule has 1 aliphatic rings. The Hall–Kier alpha value is -1.76. The van der Waals surface area contributed by atoms with Crippen LogP contribution in [0.4, 0.5) is 11.5 Å². The van der Waals surface area contributed by atoms with Crippen LogP contribution >= 0.6 is 0 Å². The minimum Gasteiger partial charge on any atom is -0.397 e. The number of pyridine rings is 1. The molecule has 1 aromatic rings. The number of anilines is 2. The summed E-state index contributed by atoms with van der Waals surface area (Å²) in [6.45, 7) is 0.908. The fourth-order valence-corrected chi connectivity index (χ4v) is 1.27. The van der Waals surface area contributed by atoms with Crippen molar-refractivity contribution in [3.63, 3.8) is 0 Å². The van der Waals surface area contributed by atoms with Gasteiger partial charge in [0.05, 0.1) is 17.4 Å². The third-order valence-corrected chi connectivity index (χ3v) is 2.28. The maximum atomic E-state index is 8.84. The zero-order chi connectivity index (χ0) is 9.97. The lowest BCUT2D eigenvalue weighted by Gasteiger charge is -2.06. The molecule has 4 nitrogen and oxygen atoms in total. The second-order valence-corrected chi connectivity index (χ2v) is 3.60. The molecule has 0 spiro atoms. The van der Waals surface area contributed by atoms with Crippen LogP contribution in [0.1, 0.15) is 18.4 Å². The molecule has 0 aromatic carbocycles. The predicted molar refractivity (Wildman–Crippen MR) is 54.6 cm³/mol. The summed E-state index contributed by atoms with van der Waals surface area (Å²) in [5.74, 6) is 1.41. The van der Waals surface area contributed by atoms with Crippen molar-refractivity contribution in [2.24, 2.45) is 5.92 Å². The molecule has 4 heteroatoms. The van der Waals surface area contributed by atoms with E-state index in [1.165, 1.54) is 12.8 Å². The van der Waals surface area contributed by atoms with Gasteiger partial charge in [-0.05, 0) is 24.8 Å². The third-order valence-electron chi connectivity index (χ3n) is 2.28. The van der Waals surface area contributed by atoms with E-state index in [9.17, 15) is 0 Å². The molecule has 0 aliphatic heterocycles. The Morgan fingerprint density at radius 3 is 3.07 bits per heavy atom. The minimum absolute atomic E-state index is 0.519. The van der Waals surface area contributed by atoms with Gasteiger partial charge in [0.1, 0.15) is 11.9 Å². The van der Waals surface area contributed by atoms with Gasteiger partial charge >= 0.3 is 0 Å². The predicted octanol–water partition coefficient (Wildman–Crippen LogP) is 1.36. The zero-order valence-electron chi connectivity index (χ0n) is 7.83. The van der Waals surface area contributed by atoms with Gasteiger partial charge in [0.25, 0.3) is 0 Å². The van der Waals surface area contributed by atoms with Crippen molar-refractivity contribution in [2.75, 3.05) is 17.6 Å². The van der Waals surface area contributed by atoms with Crippen LogP contribution < -0.4 is 11.1 Å². The first-order valence-corrected chi connectivity index (χ1v) is 4.69. The molecule has 3 N–H and O–H groups in total. The van der Waals surface area contributed by atoms with E-state index in [1.54, 1.807) is 12.3 Å². The number of aromatic nitrogens is 1. The van der Waals surface area contributed by atoms with E-state index in [1.807, 2.05) is 0 Å². The fraction of sp³-hybridized carbons (Fsp3) is 0.400. The van der Waals surface area contributed by atoms with Crippen LogP contribution in [-0.4, -0.2) is 11.5 Å². The van der Waals surface area contributed by atoms with Crippen LogP contribution in [0.3, 0.4) is 0 Å². The molecule has 0 radical (unpaired) electrons. The number of nitrogens with two attached hydrogens (primary N) is 1. The van der Waals surface area contributed by atoms with Crippen LogP contribution in [0.2, 0.25) is 0 Å². The molecule has 0 saturated heterocycles. The molecule has 0 amide bonds. The first-order valence-electron chi connectivity index (χ1n) is 4.69. The van der Waals surface area contributed by atoms with Gasteiger partial charge in [-0.2, -0.15) is 5.26 Å². The van der Waals surface area contributed by atoms with Gasteiger partial charge in [-0.1, -0.05) is 0 Å². The lowest BCUT2D eigenvalue weighted by molar-refractivity contribution is 0.882. The van der Waals surface area contributed by atoms with Crippen molar-refractivity contribution in [1.82, 2.24) is 4.98 Å². The largest absolute Gasteiger partial charge is 0.397 e. The molecule has 0 bridgehead atoms. The second-order valence-electron chi connectivity index (χ2n) is 3.60. The smallest absolute Gasteiger partial charge is 0.144 e. The van der Waals surface area contributed by atoms with Gasteiger partial charge in [0.15, 0.2) is 0 Å². The number of nitrogens with one attached hydrogen (secondary N) is 1. The van der Waals surface area contributed by atoms with Crippen molar-refractivity contribution in [3.8, 4) is 6.07 Å². The van der Waals surface area contributed by atoms with E-state index >= 15 is 0 Å². The third kappa shape index (κ3) is 1.94. The SMILES string of the molecule is N#Cc1cc(N)cnc1NCC1CC1. The molecule has 72 valence electrons. The highest BCUT2D eigenvalue weighted by Crippen LogP contribution is 2.29. The standard InChI is InChI=1S/C10H12N4/c11-4-8-3-9(12)6-14-10(8)13-5-7-1-2-7/h3,6-7H,1-2,5,12H2,(H,13,14). The minimum atomic E-state index is 0.519. The Kier molecular flexibility index (Phi) is 2.23. The number of hydrogen-bond acceptors (Lipinski definition) is 4. The Bertz CT molecular complexity index is 376. The maximum Gasteiger partial charge on any atom is 0.144 e. The molecule has 0 atom stereocenters. The first kappa shape index (κ1) is 8.82. The summed E-state index contributed by atoms with van der Waals surface area (Å²) in [5.41, 5.74) is 6.58. The number of hydrogen-bond donors (Lipinski definition) is 2. The summed E-state index contributed by atoms with van der Waals surface area (Å²) < 4.78 is 0. The van der Waals surface area contributed by atoms with Crippen LogP contribution in [0, 0.1) is 17.2 Å². The van der Waals surface area contributed by atoms with Crippen molar-refractivity contribution >= 4 is 11.5 Å². The number of nitrogens with zero attached hydrogens (tertiary/aromatic N) is 2. The molecule has 1 saturated carbocycles. The van der Waals surface area contributed by atoms with Gasteiger partial charge in [-0.15, -0.1) is 0 Å². The van der Waals surface area contributed by atoms with E-state index in [0.29, 0.717) is 17.1 Å². The van der Waals surface area contributed by atoms with Crippen molar-refractivity contribution in [2.45, 2.75) is 12.8 Å². The van der Waals surface area contributed by atoms with Gasteiger partial charge in [0.2, 0.25) is 0 Å². The average Bonchev–Trinajstić information content (AvgIpc) is 2.99. The molecular weight excluding hydrogens is 176 g/mol. The highest BCUT2D eigenvalue weighted by molar-refractivity contribution is 5.57. The van der Waals surface area contributed by atoms with Crippen LogP contribution in [0.15, 0.2) is 12.3 Å². The van der Waals surface area contributed by atoms with Crippen LogP contribution in [0.25, 0.3) is 0 Å². The summed E-state index contributed by atoms with van der Waals surface area (Å²) >= 11 is 0. The Morgan fingerprint density at radius 2 is 2.43 bits per heavy atom. The van der Waals surface area contributed by atoms with E-state index in [-0.39, 0.29) is 0 Å². The molecule has 1 fully saturated rings. The first-order chi connectivity index (χ1) is 6.79. The molecule has 1 heterocycles. The monoisotopic (exact) mass is 188 g/mol. The van der Waals surface area contributed by atoms with Gasteiger partial charge < -0.3 is 11.1 Å². The summed E-state index contributed by atoms with van der Waals surface area (Å²) in [6.07, 6.45) is 4.13. The van der Waals surface area contributed by atoms with Crippen molar-refractivity contribution in [3.05, 3.63) is 17.8 Å². The Morgan fingerprint density at radius 1 is 1.64 bits per heavy atom. The average molecular weight is 188 g/mol. The van der Waals surface area contributed by atoms with E-state index in [0.717, 1.165) is 12.5 Å². The molecule has 14 heavy (non-hydrogen) atoms. The molecule has 1 aliphatic carbocycles. The molecule has 2 rings (SSSR count). The highest BCUT2D eigenvalue weighted by atomic mass is 15.0. The maximum absolute atomic E-state index is 8.84. The van der Waals surface area contributed by atoms with Gasteiger partial charge in [0, 0.05) is 6.54 Å². The van der Waals surface area contributed by atoms with Crippen molar-refractivity contribution in [1.29, 1.82) is 5.26 Å². The van der Waals surface area contributed by atoms with Gasteiger partial charge in [-0.3, -0.25) is 0 Å². The Balaban J connectivity index is 2.10. The topological polar surface area (TPSA) is 74.7 Å². The van der Waals surface area contributed by atoms with E-state index in [2.05, 4.69) is 16.4 Å². The zero-order valence-corrected chi connectivity index (χ0v) is 7.83. The number of rotatable bonds is 3. The summed E-state index contributed by atoms with van der Waals surface area (Å²) in [7, 11) is 0. The molecular formula is C10H12N4. The van der Waals surface area contributed by atoms with E-state index in [4.69, 9.17) is 11.0 Å². The number of nitrogen functional groups attached to an aromatic ring is 1. The summed E-state index contributed by atoms with van der Waals surface area (Å²) in [5, 5.41) is 12.0. The van der Waals surface area contributed by atoms with Gasteiger partial charge in [-0.25, -0.2) is 4.98 Å². The fourth-order valence-electron chi connectivity index (χ4n) is 1.27. The van der Waals surface area contributed by atoms with Crippen molar-refractivity contribution < 1.29 is 0 Å². The molecule has 0 unspecified atom stereocenters. The Labute approximate surface area is 82.8 Å². The lowest BCUT2D eigenvalue weighted by atomic mass is 10.2. The summed E-state index contributed by atoms with van der Waals surface area (Å²) in [4.78, 5) is 4.09. The lowest BCUT2D eigenvalue weighted by Crippen LogP contribution is -2.07. The second kappa shape index (κ2) is 3.54. The summed E-state index contributed by atoms with van der Waals surface area (Å²) in [6, 6.07) is 3.72. The normalized spacial score (nSPS) is 14.8. The number of nitriles is 1. The molecule has 1 aromatic heterocycles.